The molecule has 116 valence electrons. The maximum atomic E-state index is 12.0. The highest BCUT2D eigenvalue weighted by Gasteiger charge is 2.41. The number of nitrogens with one attached hydrogen (secondary N) is 1. The number of carbonyl (C=O) groups is 1. The molecule has 1 saturated carbocycles. The molecule has 4 heteroatoms. The van der Waals surface area contributed by atoms with Crippen molar-refractivity contribution in [3.05, 3.63) is 0 Å². The fourth-order valence-corrected chi connectivity index (χ4v) is 3.73. The molecule has 1 amide bonds. The quantitative estimate of drug-likeness (QED) is 0.809. The molecule has 3 N–H and O–H groups in total. The van der Waals surface area contributed by atoms with Crippen LogP contribution in [0.5, 0.6) is 0 Å². The van der Waals surface area contributed by atoms with Gasteiger partial charge in [0.25, 0.3) is 0 Å². The molecule has 0 radical (unpaired) electrons. The summed E-state index contributed by atoms with van der Waals surface area (Å²) >= 11 is 0. The second-order valence-corrected chi connectivity index (χ2v) is 7.12. The normalized spacial score (nSPS) is 24.9. The number of likely N-dealkylation sites (tertiary alicyclic amines) is 1. The molecule has 2 fully saturated rings. The highest BCUT2D eigenvalue weighted by molar-refractivity contribution is 5.84. The highest BCUT2D eigenvalue weighted by Crippen LogP contribution is 2.27. The summed E-state index contributed by atoms with van der Waals surface area (Å²) in [5.74, 6) is 0.537. The van der Waals surface area contributed by atoms with Gasteiger partial charge in [-0.1, -0.05) is 33.1 Å². The number of primary amides is 1. The molecule has 1 aliphatic carbocycles. The van der Waals surface area contributed by atoms with Crippen LogP contribution < -0.4 is 11.1 Å². The molecule has 1 saturated heterocycles. The molecule has 0 aromatic rings. The molecular formula is C16H31N3O. The first-order chi connectivity index (χ1) is 9.52. The van der Waals surface area contributed by atoms with E-state index in [1.54, 1.807) is 0 Å². The summed E-state index contributed by atoms with van der Waals surface area (Å²) in [7, 11) is 0. The smallest absolute Gasteiger partial charge is 0.237 e. The molecule has 0 spiro atoms. The Bertz CT molecular complexity index is 316. The van der Waals surface area contributed by atoms with Gasteiger partial charge in [-0.2, -0.15) is 0 Å². The van der Waals surface area contributed by atoms with Crippen LogP contribution in [-0.2, 0) is 4.79 Å². The van der Waals surface area contributed by atoms with Crippen LogP contribution in [0.4, 0.5) is 0 Å². The standard InChI is InChI=1S/C16H31N3O/c1-13(2)12-19-10-8-16(9-11-19,15(17)20)18-14-6-4-3-5-7-14/h13-14,18H,3-12H2,1-2H3,(H2,17,20). The van der Waals surface area contributed by atoms with E-state index >= 15 is 0 Å². The number of hydrogen-bond acceptors (Lipinski definition) is 3. The molecule has 0 atom stereocenters. The predicted octanol–water partition coefficient (Wildman–Crippen LogP) is 1.88. The first-order valence-electron chi connectivity index (χ1n) is 8.32. The minimum atomic E-state index is -0.449. The van der Waals surface area contributed by atoms with Crippen molar-refractivity contribution >= 4 is 5.91 Å². The first-order valence-corrected chi connectivity index (χ1v) is 8.32. The van der Waals surface area contributed by atoms with Crippen LogP contribution in [-0.4, -0.2) is 42.0 Å². The SMILES string of the molecule is CC(C)CN1CCC(NC2CCCCC2)(C(N)=O)CC1. The van der Waals surface area contributed by atoms with Crippen molar-refractivity contribution in [1.29, 1.82) is 0 Å². The number of amides is 1. The maximum absolute atomic E-state index is 12.0. The molecule has 2 rings (SSSR count). The van der Waals surface area contributed by atoms with E-state index in [0.717, 1.165) is 32.5 Å². The van der Waals surface area contributed by atoms with E-state index in [9.17, 15) is 4.79 Å². The van der Waals surface area contributed by atoms with E-state index in [2.05, 4.69) is 24.1 Å². The molecular weight excluding hydrogens is 250 g/mol. The second kappa shape index (κ2) is 6.90. The van der Waals surface area contributed by atoms with Gasteiger partial charge in [-0.3, -0.25) is 4.79 Å². The van der Waals surface area contributed by atoms with Gasteiger partial charge >= 0.3 is 0 Å². The number of rotatable bonds is 5. The van der Waals surface area contributed by atoms with E-state index in [0.29, 0.717) is 12.0 Å². The van der Waals surface area contributed by atoms with Crippen molar-refractivity contribution in [2.24, 2.45) is 11.7 Å². The van der Waals surface area contributed by atoms with Crippen molar-refractivity contribution in [2.75, 3.05) is 19.6 Å². The molecule has 0 aromatic carbocycles. The Morgan fingerprint density at radius 1 is 1.25 bits per heavy atom. The fraction of sp³-hybridized carbons (Fsp3) is 0.938. The molecule has 1 aliphatic heterocycles. The van der Waals surface area contributed by atoms with Crippen molar-refractivity contribution < 1.29 is 4.79 Å². The summed E-state index contributed by atoms with van der Waals surface area (Å²) in [4.78, 5) is 14.5. The van der Waals surface area contributed by atoms with Crippen LogP contribution in [0.1, 0.15) is 58.8 Å². The Morgan fingerprint density at radius 3 is 2.35 bits per heavy atom. The Balaban J connectivity index is 1.92. The number of nitrogens with zero attached hydrogens (tertiary/aromatic N) is 1. The van der Waals surface area contributed by atoms with E-state index < -0.39 is 5.54 Å². The van der Waals surface area contributed by atoms with Crippen molar-refractivity contribution in [2.45, 2.75) is 70.4 Å². The zero-order valence-electron chi connectivity index (χ0n) is 13.2. The largest absolute Gasteiger partial charge is 0.368 e. The maximum Gasteiger partial charge on any atom is 0.237 e. The summed E-state index contributed by atoms with van der Waals surface area (Å²) in [6, 6.07) is 0.493. The summed E-state index contributed by atoms with van der Waals surface area (Å²) in [6.07, 6.45) is 8.04. The van der Waals surface area contributed by atoms with Gasteiger partial charge in [0.1, 0.15) is 5.54 Å². The summed E-state index contributed by atoms with van der Waals surface area (Å²) in [5.41, 5.74) is 5.30. The third kappa shape index (κ3) is 3.95. The molecule has 4 nitrogen and oxygen atoms in total. The summed E-state index contributed by atoms with van der Waals surface area (Å²) in [5, 5.41) is 3.64. The van der Waals surface area contributed by atoms with E-state index in [1.165, 1.54) is 32.1 Å². The number of piperidine rings is 1. The third-order valence-corrected chi connectivity index (χ3v) is 4.89. The van der Waals surface area contributed by atoms with E-state index in [4.69, 9.17) is 5.73 Å². The van der Waals surface area contributed by atoms with Gasteiger partial charge in [-0.25, -0.2) is 0 Å². The molecule has 0 aromatic heterocycles. The lowest BCUT2D eigenvalue weighted by atomic mass is 9.83. The number of carbonyl (C=O) groups excluding carboxylic acids is 1. The monoisotopic (exact) mass is 281 g/mol. The number of hydrogen-bond donors (Lipinski definition) is 2. The van der Waals surface area contributed by atoms with Crippen LogP contribution in [0.15, 0.2) is 0 Å². The Labute approximate surface area is 123 Å². The number of nitrogens with two attached hydrogens (primary N) is 1. The second-order valence-electron chi connectivity index (χ2n) is 7.12. The third-order valence-electron chi connectivity index (χ3n) is 4.89. The van der Waals surface area contributed by atoms with Gasteiger partial charge in [0.2, 0.25) is 5.91 Å². The van der Waals surface area contributed by atoms with E-state index in [1.807, 2.05) is 0 Å². The van der Waals surface area contributed by atoms with Crippen LogP contribution in [0.2, 0.25) is 0 Å². The van der Waals surface area contributed by atoms with Crippen molar-refractivity contribution in [3.63, 3.8) is 0 Å². The topological polar surface area (TPSA) is 58.4 Å². The van der Waals surface area contributed by atoms with Gasteiger partial charge in [-0.15, -0.1) is 0 Å². The van der Waals surface area contributed by atoms with Gasteiger partial charge < -0.3 is 16.0 Å². The van der Waals surface area contributed by atoms with Gasteiger partial charge in [-0.05, 0) is 31.6 Å². The van der Waals surface area contributed by atoms with Crippen LogP contribution in [0, 0.1) is 5.92 Å². The average molecular weight is 281 g/mol. The first kappa shape index (κ1) is 15.8. The van der Waals surface area contributed by atoms with Gasteiger partial charge in [0.15, 0.2) is 0 Å². The Kier molecular flexibility index (Phi) is 5.44. The average Bonchev–Trinajstić information content (AvgIpc) is 2.41. The molecule has 2 aliphatic rings. The molecule has 0 bridgehead atoms. The van der Waals surface area contributed by atoms with Crippen LogP contribution >= 0.6 is 0 Å². The molecule has 1 heterocycles. The summed E-state index contributed by atoms with van der Waals surface area (Å²) in [6.45, 7) is 7.59. The highest BCUT2D eigenvalue weighted by atomic mass is 16.1. The zero-order chi connectivity index (χ0) is 14.6. The predicted molar refractivity (Wildman–Crippen MR) is 82.4 cm³/mol. The molecule has 0 unspecified atom stereocenters. The zero-order valence-corrected chi connectivity index (χ0v) is 13.2. The van der Waals surface area contributed by atoms with Crippen LogP contribution in [0.25, 0.3) is 0 Å². The minimum absolute atomic E-state index is 0.146. The Hall–Kier alpha value is -0.610. The lowest BCUT2D eigenvalue weighted by Gasteiger charge is -2.43. The lowest BCUT2D eigenvalue weighted by Crippen LogP contribution is -2.63. The summed E-state index contributed by atoms with van der Waals surface area (Å²) < 4.78 is 0. The lowest BCUT2D eigenvalue weighted by molar-refractivity contribution is -0.127. The van der Waals surface area contributed by atoms with E-state index in [-0.39, 0.29) is 5.91 Å². The van der Waals surface area contributed by atoms with Crippen molar-refractivity contribution in [1.82, 2.24) is 10.2 Å². The fourth-order valence-electron chi connectivity index (χ4n) is 3.73. The molecule has 20 heavy (non-hydrogen) atoms. The minimum Gasteiger partial charge on any atom is -0.368 e. The Morgan fingerprint density at radius 2 is 1.85 bits per heavy atom. The van der Waals surface area contributed by atoms with Gasteiger partial charge in [0.05, 0.1) is 0 Å². The van der Waals surface area contributed by atoms with Crippen LogP contribution in [0.3, 0.4) is 0 Å². The van der Waals surface area contributed by atoms with Gasteiger partial charge in [0, 0.05) is 25.7 Å². The van der Waals surface area contributed by atoms with Crippen molar-refractivity contribution in [3.8, 4) is 0 Å².